The van der Waals surface area contributed by atoms with Crippen LogP contribution in [0.5, 0.6) is 0 Å². The Morgan fingerprint density at radius 1 is 1.57 bits per heavy atom. The van der Waals surface area contributed by atoms with Crippen LogP contribution < -0.4 is 5.73 Å². The van der Waals surface area contributed by atoms with E-state index in [2.05, 4.69) is 11.9 Å². The van der Waals surface area contributed by atoms with Gasteiger partial charge < -0.3 is 10.6 Å². The molecule has 0 bridgehead atoms. The van der Waals surface area contributed by atoms with Gasteiger partial charge in [0.1, 0.15) is 5.78 Å². The predicted octanol–water partition coefficient (Wildman–Crippen LogP) is 0.636. The Bertz CT molecular complexity index is 235. The molecule has 3 nitrogen and oxygen atoms in total. The van der Waals surface area contributed by atoms with Crippen molar-refractivity contribution in [2.45, 2.75) is 25.7 Å². The summed E-state index contributed by atoms with van der Waals surface area (Å²) in [5.41, 5.74) is 5.58. The van der Waals surface area contributed by atoms with E-state index in [1.807, 2.05) is 0 Å². The largest absolute Gasteiger partial charge is 0.329 e. The smallest absolute Gasteiger partial charge is 0.144 e. The van der Waals surface area contributed by atoms with Crippen LogP contribution in [0.15, 0.2) is 0 Å². The van der Waals surface area contributed by atoms with Crippen molar-refractivity contribution in [2.75, 3.05) is 26.7 Å². The van der Waals surface area contributed by atoms with Gasteiger partial charge in [-0.25, -0.2) is 0 Å². The summed E-state index contributed by atoms with van der Waals surface area (Å²) < 4.78 is 0. The number of nitrogens with zero attached hydrogens (tertiary/aromatic N) is 1. The van der Waals surface area contributed by atoms with E-state index in [-0.39, 0.29) is 11.3 Å². The highest BCUT2D eigenvalue weighted by Crippen LogP contribution is 2.47. The number of hydrogen-bond donors (Lipinski definition) is 1. The third-order valence-corrected chi connectivity index (χ3v) is 3.76. The van der Waals surface area contributed by atoms with Crippen LogP contribution in [0, 0.1) is 11.3 Å². The van der Waals surface area contributed by atoms with E-state index < -0.39 is 0 Å². The van der Waals surface area contributed by atoms with Gasteiger partial charge in [-0.1, -0.05) is 0 Å². The second-order valence-electron chi connectivity index (χ2n) is 4.95. The first-order valence-electron chi connectivity index (χ1n) is 5.61. The fourth-order valence-corrected chi connectivity index (χ4v) is 2.52. The van der Waals surface area contributed by atoms with Crippen LogP contribution in [0.4, 0.5) is 0 Å². The maximum atomic E-state index is 12.2. The molecule has 80 valence electrons. The number of likely N-dealkylation sites (tertiary alicyclic amines) is 1. The van der Waals surface area contributed by atoms with Gasteiger partial charge in [0.15, 0.2) is 0 Å². The monoisotopic (exact) mass is 196 g/mol. The molecule has 1 aliphatic heterocycles. The third-order valence-electron chi connectivity index (χ3n) is 3.76. The van der Waals surface area contributed by atoms with E-state index >= 15 is 0 Å². The van der Waals surface area contributed by atoms with E-state index in [1.165, 1.54) is 0 Å². The molecule has 2 aliphatic rings. The van der Waals surface area contributed by atoms with E-state index in [0.717, 1.165) is 38.8 Å². The van der Waals surface area contributed by atoms with Gasteiger partial charge in [-0.2, -0.15) is 0 Å². The first-order chi connectivity index (χ1) is 6.68. The van der Waals surface area contributed by atoms with Gasteiger partial charge in [0.05, 0.1) is 0 Å². The normalized spacial score (nSPS) is 31.4. The van der Waals surface area contributed by atoms with Crippen LogP contribution in [0.1, 0.15) is 25.7 Å². The van der Waals surface area contributed by atoms with Crippen LogP contribution in [-0.2, 0) is 4.79 Å². The molecule has 14 heavy (non-hydrogen) atoms. The maximum absolute atomic E-state index is 12.2. The highest BCUT2D eigenvalue weighted by molar-refractivity contribution is 5.90. The molecule has 1 unspecified atom stereocenters. The Hall–Kier alpha value is -0.410. The van der Waals surface area contributed by atoms with Crippen LogP contribution in [0.2, 0.25) is 0 Å². The van der Waals surface area contributed by atoms with Crippen LogP contribution in [-0.4, -0.2) is 37.4 Å². The molecule has 1 atom stereocenters. The molecule has 1 heterocycles. The van der Waals surface area contributed by atoms with Crippen LogP contribution in [0.25, 0.3) is 0 Å². The van der Waals surface area contributed by atoms with E-state index in [9.17, 15) is 4.79 Å². The van der Waals surface area contributed by atoms with Crippen molar-refractivity contribution >= 4 is 5.78 Å². The van der Waals surface area contributed by atoms with Crippen molar-refractivity contribution in [3.05, 3.63) is 0 Å². The van der Waals surface area contributed by atoms with E-state index in [4.69, 9.17) is 5.73 Å². The summed E-state index contributed by atoms with van der Waals surface area (Å²) in [6.07, 6.45) is 4.30. The molecule has 0 amide bonds. The Morgan fingerprint density at radius 2 is 2.29 bits per heavy atom. The SMILES string of the molecule is CN1CCCC(C(=O)C2(CN)CC2)C1. The molecular formula is C11H20N2O. The summed E-state index contributed by atoms with van der Waals surface area (Å²) in [5, 5.41) is 0. The lowest BCUT2D eigenvalue weighted by Crippen LogP contribution is -2.40. The van der Waals surface area contributed by atoms with Gasteiger partial charge in [0.25, 0.3) is 0 Å². The van der Waals surface area contributed by atoms with Gasteiger partial charge in [-0.3, -0.25) is 4.79 Å². The van der Waals surface area contributed by atoms with E-state index in [0.29, 0.717) is 12.3 Å². The fraction of sp³-hybridized carbons (Fsp3) is 0.909. The number of piperidine rings is 1. The average molecular weight is 196 g/mol. The Balaban J connectivity index is 1.97. The minimum absolute atomic E-state index is 0.0944. The molecule has 2 rings (SSSR count). The van der Waals surface area contributed by atoms with Crippen molar-refractivity contribution < 1.29 is 4.79 Å². The Kier molecular flexibility index (Phi) is 2.62. The third kappa shape index (κ3) is 1.71. The minimum atomic E-state index is -0.0944. The molecule has 2 N–H and O–H groups in total. The average Bonchev–Trinajstić information content (AvgIpc) is 2.97. The molecule has 1 saturated heterocycles. The summed E-state index contributed by atoms with van der Waals surface area (Å²) in [6.45, 7) is 2.64. The molecule has 0 aromatic carbocycles. The zero-order valence-corrected chi connectivity index (χ0v) is 8.96. The van der Waals surface area contributed by atoms with Crippen molar-refractivity contribution in [3.63, 3.8) is 0 Å². The van der Waals surface area contributed by atoms with E-state index in [1.54, 1.807) is 0 Å². The molecule has 3 heteroatoms. The zero-order chi connectivity index (χ0) is 10.2. The van der Waals surface area contributed by atoms with Gasteiger partial charge >= 0.3 is 0 Å². The highest BCUT2D eigenvalue weighted by atomic mass is 16.1. The maximum Gasteiger partial charge on any atom is 0.144 e. The number of hydrogen-bond acceptors (Lipinski definition) is 3. The molecule has 0 radical (unpaired) electrons. The van der Waals surface area contributed by atoms with Crippen molar-refractivity contribution in [1.82, 2.24) is 4.90 Å². The first kappa shape index (κ1) is 10.1. The first-order valence-corrected chi connectivity index (χ1v) is 5.61. The number of Topliss-reactive ketones (excluding diaryl/α,β-unsaturated/α-hetero) is 1. The van der Waals surface area contributed by atoms with Gasteiger partial charge in [0.2, 0.25) is 0 Å². The molecular weight excluding hydrogens is 176 g/mol. The number of ketones is 1. The zero-order valence-electron chi connectivity index (χ0n) is 8.96. The fourth-order valence-electron chi connectivity index (χ4n) is 2.52. The molecule has 0 spiro atoms. The van der Waals surface area contributed by atoms with Crippen molar-refractivity contribution in [2.24, 2.45) is 17.1 Å². The van der Waals surface area contributed by atoms with Crippen molar-refractivity contribution in [3.8, 4) is 0 Å². The Labute approximate surface area is 85.6 Å². The molecule has 0 aromatic heterocycles. The lowest BCUT2D eigenvalue weighted by atomic mass is 9.85. The van der Waals surface area contributed by atoms with Crippen LogP contribution >= 0.6 is 0 Å². The summed E-state index contributed by atoms with van der Waals surface area (Å²) in [6, 6.07) is 0. The minimum Gasteiger partial charge on any atom is -0.329 e. The van der Waals surface area contributed by atoms with Crippen molar-refractivity contribution in [1.29, 1.82) is 0 Å². The predicted molar refractivity (Wildman–Crippen MR) is 55.9 cm³/mol. The number of nitrogens with two attached hydrogens (primary N) is 1. The summed E-state index contributed by atoms with van der Waals surface area (Å²) >= 11 is 0. The molecule has 1 aliphatic carbocycles. The van der Waals surface area contributed by atoms with Crippen LogP contribution in [0.3, 0.4) is 0 Å². The molecule has 2 fully saturated rings. The number of carbonyl (C=O) groups excluding carboxylic acids is 1. The Morgan fingerprint density at radius 3 is 2.79 bits per heavy atom. The quantitative estimate of drug-likeness (QED) is 0.720. The lowest BCUT2D eigenvalue weighted by molar-refractivity contribution is -0.129. The summed E-state index contributed by atoms with van der Waals surface area (Å²) in [4.78, 5) is 14.4. The van der Waals surface area contributed by atoms with Gasteiger partial charge in [-0.05, 0) is 39.3 Å². The van der Waals surface area contributed by atoms with Gasteiger partial charge in [0, 0.05) is 24.4 Å². The summed E-state index contributed by atoms with van der Waals surface area (Å²) in [5.74, 6) is 0.714. The number of carbonyl (C=O) groups is 1. The standard InChI is InChI=1S/C11H20N2O/c1-13-6-2-3-9(7-13)10(14)11(8-12)4-5-11/h9H,2-8,12H2,1H3. The van der Waals surface area contributed by atoms with Gasteiger partial charge in [-0.15, -0.1) is 0 Å². The topological polar surface area (TPSA) is 46.3 Å². The number of rotatable bonds is 3. The second-order valence-corrected chi connectivity index (χ2v) is 4.95. The lowest BCUT2D eigenvalue weighted by Gasteiger charge is -2.30. The second kappa shape index (κ2) is 3.63. The highest BCUT2D eigenvalue weighted by Gasteiger charge is 2.50. The summed E-state index contributed by atoms with van der Waals surface area (Å²) in [7, 11) is 2.10. The molecule has 1 saturated carbocycles. The molecule has 0 aromatic rings.